The van der Waals surface area contributed by atoms with Gasteiger partial charge in [0.05, 0.1) is 11.4 Å². The Labute approximate surface area is 73.2 Å². The monoisotopic (exact) mass is 162 g/mol. The Hall–Kier alpha value is -1.18. The van der Waals surface area contributed by atoms with Gasteiger partial charge in [-0.25, -0.2) is 0 Å². The molecule has 2 nitrogen and oxygen atoms in total. The van der Waals surface area contributed by atoms with Crippen LogP contribution in [0.5, 0.6) is 0 Å². The fourth-order valence-corrected chi connectivity index (χ4v) is 1.62. The average molecular weight is 162 g/mol. The van der Waals surface area contributed by atoms with Crippen molar-refractivity contribution in [3.05, 3.63) is 24.3 Å². The van der Waals surface area contributed by atoms with Crippen LogP contribution < -0.4 is 10.2 Å². The van der Waals surface area contributed by atoms with Crippen LogP contribution in [0, 0.1) is 0 Å². The van der Waals surface area contributed by atoms with Crippen LogP contribution >= 0.6 is 0 Å². The van der Waals surface area contributed by atoms with Gasteiger partial charge in [0.25, 0.3) is 0 Å². The van der Waals surface area contributed by atoms with Gasteiger partial charge < -0.3 is 10.2 Å². The number of rotatable bonds is 0. The molecule has 0 spiro atoms. The van der Waals surface area contributed by atoms with Crippen LogP contribution in [0.2, 0.25) is 0 Å². The Bertz CT molecular complexity index is 270. The summed E-state index contributed by atoms with van der Waals surface area (Å²) in [7, 11) is 2.14. The molecule has 0 fully saturated rings. The molecule has 12 heavy (non-hydrogen) atoms. The van der Waals surface area contributed by atoms with E-state index in [1.54, 1.807) is 0 Å². The van der Waals surface area contributed by atoms with Gasteiger partial charge in [0.2, 0.25) is 0 Å². The molecular formula is C10H14N2. The summed E-state index contributed by atoms with van der Waals surface area (Å²) in [6.07, 6.45) is 1.21. The lowest BCUT2D eigenvalue weighted by Crippen LogP contribution is -2.17. The third-order valence-electron chi connectivity index (χ3n) is 2.30. The molecule has 1 aromatic carbocycles. The fraction of sp³-hybridized carbons (Fsp3) is 0.400. The summed E-state index contributed by atoms with van der Waals surface area (Å²) in [4.78, 5) is 2.30. The van der Waals surface area contributed by atoms with Gasteiger partial charge in [0, 0.05) is 20.1 Å². The summed E-state index contributed by atoms with van der Waals surface area (Å²) in [5.74, 6) is 0. The van der Waals surface area contributed by atoms with Crippen molar-refractivity contribution in [3.63, 3.8) is 0 Å². The van der Waals surface area contributed by atoms with Crippen LogP contribution in [0.15, 0.2) is 24.3 Å². The average Bonchev–Trinajstić information content (AvgIpc) is 2.29. The third kappa shape index (κ3) is 1.24. The number of hydrogen-bond donors (Lipinski definition) is 1. The maximum atomic E-state index is 3.41. The SMILES string of the molecule is CN1CCCNc2ccccc21. The Morgan fingerprint density at radius 3 is 3.08 bits per heavy atom. The Morgan fingerprint density at radius 1 is 1.33 bits per heavy atom. The van der Waals surface area contributed by atoms with E-state index in [1.165, 1.54) is 17.8 Å². The van der Waals surface area contributed by atoms with E-state index in [1.807, 2.05) is 0 Å². The molecule has 0 aliphatic carbocycles. The minimum absolute atomic E-state index is 1.08. The Morgan fingerprint density at radius 2 is 2.17 bits per heavy atom. The highest BCUT2D eigenvalue weighted by Crippen LogP contribution is 2.26. The number of fused-ring (bicyclic) bond motifs is 1. The van der Waals surface area contributed by atoms with Crippen LogP contribution in [0.25, 0.3) is 0 Å². The number of para-hydroxylation sites is 2. The first-order valence-corrected chi connectivity index (χ1v) is 4.42. The minimum atomic E-state index is 1.08. The van der Waals surface area contributed by atoms with Crippen molar-refractivity contribution >= 4 is 11.4 Å². The summed E-state index contributed by atoms with van der Waals surface area (Å²) in [5, 5.41) is 3.41. The number of benzene rings is 1. The molecule has 0 bridgehead atoms. The smallest absolute Gasteiger partial charge is 0.0599 e. The van der Waals surface area contributed by atoms with E-state index in [0.717, 1.165) is 13.1 Å². The molecule has 1 N–H and O–H groups in total. The van der Waals surface area contributed by atoms with E-state index in [0.29, 0.717) is 0 Å². The van der Waals surface area contributed by atoms with Crippen molar-refractivity contribution in [1.29, 1.82) is 0 Å². The predicted octanol–water partition coefficient (Wildman–Crippen LogP) is 1.94. The van der Waals surface area contributed by atoms with E-state index in [-0.39, 0.29) is 0 Å². The zero-order valence-electron chi connectivity index (χ0n) is 7.38. The second-order valence-corrected chi connectivity index (χ2v) is 3.22. The highest BCUT2D eigenvalue weighted by molar-refractivity contribution is 5.70. The maximum Gasteiger partial charge on any atom is 0.0599 e. The van der Waals surface area contributed by atoms with Crippen LogP contribution in [0.4, 0.5) is 11.4 Å². The molecule has 1 aliphatic rings. The lowest BCUT2D eigenvalue weighted by Gasteiger charge is -2.17. The molecule has 64 valence electrons. The van der Waals surface area contributed by atoms with Crippen LogP contribution in [0.1, 0.15) is 6.42 Å². The van der Waals surface area contributed by atoms with Crippen molar-refractivity contribution in [1.82, 2.24) is 0 Å². The number of nitrogens with one attached hydrogen (secondary N) is 1. The first-order valence-electron chi connectivity index (χ1n) is 4.42. The summed E-state index contributed by atoms with van der Waals surface area (Å²) in [6, 6.07) is 8.46. The van der Waals surface area contributed by atoms with Crippen molar-refractivity contribution in [2.45, 2.75) is 6.42 Å². The fourth-order valence-electron chi connectivity index (χ4n) is 1.62. The molecule has 1 heterocycles. The number of anilines is 2. The molecule has 2 rings (SSSR count). The topological polar surface area (TPSA) is 15.3 Å². The van der Waals surface area contributed by atoms with Crippen molar-refractivity contribution < 1.29 is 0 Å². The van der Waals surface area contributed by atoms with E-state index in [9.17, 15) is 0 Å². The number of nitrogens with zero attached hydrogens (tertiary/aromatic N) is 1. The minimum Gasteiger partial charge on any atom is -0.383 e. The van der Waals surface area contributed by atoms with Gasteiger partial charge in [-0.3, -0.25) is 0 Å². The predicted molar refractivity (Wildman–Crippen MR) is 52.8 cm³/mol. The van der Waals surface area contributed by atoms with Gasteiger partial charge in [-0.1, -0.05) is 12.1 Å². The van der Waals surface area contributed by atoms with Crippen molar-refractivity contribution in [3.8, 4) is 0 Å². The van der Waals surface area contributed by atoms with Gasteiger partial charge in [0.15, 0.2) is 0 Å². The normalized spacial score (nSPS) is 16.2. The molecule has 0 aromatic heterocycles. The van der Waals surface area contributed by atoms with Gasteiger partial charge in [-0.15, -0.1) is 0 Å². The van der Waals surface area contributed by atoms with E-state index < -0.39 is 0 Å². The molecule has 0 atom stereocenters. The molecule has 0 unspecified atom stereocenters. The molecule has 1 aromatic rings. The zero-order valence-corrected chi connectivity index (χ0v) is 7.38. The zero-order chi connectivity index (χ0) is 8.39. The lowest BCUT2D eigenvalue weighted by molar-refractivity contribution is 0.837. The lowest BCUT2D eigenvalue weighted by atomic mass is 10.2. The van der Waals surface area contributed by atoms with Crippen LogP contribution in [-0.2, 0) is 0 Å². The maximum absolute atomic E-state index is 3.41. The second kappa shape index (κ2) is 3.05. The second-order valence-electron chi connectivity index (χ2n) is 3.22. The van der Waals surface area contributed by atoms with Gasteiger partial charge >= 0.3 is 0 Å². The Kier molecular flexibility index (Phi) is 1.90. The molecule has 0 saturated heterocycles. The Balaban J connectivity index is 2.39. The first kappa shape index (κ1) is 7.47. The van der Waals surface area contributed by atoms with E-state index in [2.05, 4.69) is 41.5 Å². The van der Waals surface area contributed by atoms with E-state index >= 15 is 0 Å². The molecule has 1 aliphatic heterocycles. The molecular weight excluding hydrogens is 148 g/mol. The molecule has 0 amide bonds. The van der Waals surface area contributed by atoms with Crippen LogP contribution in [0.3, 0.4) is 0 Å². The highest BCUT2D eigenvalue weighted by atomic mass is 15.1. The standard InChI is InChI=1S/C10H14N2/c1-12-8-4-7-11-9-5-2-3-6-10(9)12/h2-3,5-6,11H,4,7-8H2,1H3. The van der Waals surface area contributed by atoms with Crippen molar-refractivity contribution in [2.24, 2.45) is 0 Å². The summed E-state index contributed by atoms with van der Waals surface area (Å²) in [6.45, 7) is 2.23. The van der Waals surface area contributed by atoms with Gasteiger partial charge in [0.1, 0.15) is 0 Å². The summed E-state index contributed by atoms with van der Waals surface area (Å²) < 4.78 is 0. The molecule has 0 radical (unpaired) electrons. The highest BCUT2D eigenvalue weighted by Gasteiger charge is 2.09. The number of hydrogen-bond acceptors (Lipinski definition) is 2. The van der Waals surface area contributed by atoms with E-state index in [4.69, 9.17) is 0 Å². The van der Waals surface area contributed by atoms with Crippen molar-refractivity contribution in [2.75, 3.05) is 30.4 Å². The van der Waals surface area contributed by atoms with Gasteiger partial charge in [-0.2, -0.15) is 0 Å². The summed E-state index contributed by atoms with van der Waals surface area (Å²) in [5.41, 5.74) is 2.58. The summed E-state index contributed by atoms with van der Waals surface area (Å²) >= 11 is 0. The molecule has 2 heteroatoms. The largest absolute Gasteiger partial charge is 0.383 e. The first-order chi connectivity index (χ1) is 5.88. The molecule has 0 saturated carbocycles. The third-order valence-corrected chi connectivity index (χ3v) is 2.30. The van der Waals surface area contributed by atoms with Crippen LogP contribution in [-0.4, -0.2) is 20.1 Å². The van der Waals surface area contributed by atoms with Gasteiger partial charge in [-0.05, 0) is 18.6 Å². The quantitative estimate of drug-likeness (QED) is 0.627.